The Morgan fingerprint density at radius 2 is 1.76 bits per heavy atom. The van der Waals surface area contributed by atoms with Crippen LogP contribution >= 0.6 is 0 Å². The molecule has 0 saturated heterocycles. The number of ether oxygens (including phenoxy) is 1. The second-order valence-corrected chi connectivity index (χ2v) is 10.4. The maximum atomic E-state index is 13.6. The fourth-order valence-electron chi connectivity index (χ4n) is 3.49. The Bertz CT molecular complexity index is 1100. The van der Waals surface area contributed by atoms with Gasteiger partial charge in [0, 0.05) is 12.6 Å². The molecule has 0 bridgehead atoms. The van der Waals surface area contributed by atoms with Crippen LogP contribution in [0.5, 0.6) is 5.75 Å². The molecule has 0 spiro atoms. The number of carbonyl (C=O) groups is 2. The first-order valence-electron chi connectivity index (χ1n) is 11.2. The normalized spacial score (nSPS) is 13.0. The van der Waals surface area contributed by atoms with E-state index in [1.54, 1.807) is 31.2 Å². The summed E-state index contributed by atoms with van der Waals surface area (Å²) < 4.78 is 31.7. The number of aryl methyl sites for hydroxylation is 1. The van der Waals surface area contributed by atoms with Crippen LogP contribution in [0.2, 0.25) is 0 Å². The minimum atomic E-state index is -3.82. The first-order chi connectivity index (χ1) is 16.0. The molecule has 0 radical (unpaired) electrons. The summed E-state index contributed by atoms with van der Waals surface area (Å²) >= 11 is 0. The van der Waals surface area contributed by atoms with Crippen LogP contribution in [-0.2, 0) is 26.2 Å². The standard InChI is InChI=1S/C25H35N3O5S/c1-7-19(3)26-25(30)20(4)27(16-21-12-10-11-18(2)15-21)24(29)17-28(34(6,31)32)22-13-8-9-14-23(22)33-5/h8-15,19-20H,7,16-17H2,1-6H3,(H,26,30). The lowest BCUT2D eigenvalue weighted by Gasteiger charge is -2.32. The number of anilines is 1. The lowest BCUT2D eigenvalue weighted by molar-refractivity contribution is -0.139. The van der Waals surface area contributed by atoms with Gasteiger partial charge in [0.2, 0.25) is 21.8 Å². The third kappa shape index (κ3) is 7.21. The van der Waals surface area contributed by atoms with Crippen LogP contribution in [0.4, 0.5) is 5.69 Å². The third-order valence-electron chi connectivity index (χ3n) is 5.64. The van der Waals surface area contributed by atoms with Gasteiger partial charge in [0.1, 0.15) is 18.3 Å². The predicted octanol–water partition coefficient (Wildman–Crippen LogP) is 3.10. The average Bonchev–Trinajstić information content (AvgIpc) is 2.79. The van der Waals surface area contributed by atoms with Gasteiger partial charge in [-0.05, 0) is 44.9 Å². The first-order valence-corrected chi connectivity index (χ1v) is 13.1. The highest BCUT2D eigenvalue weighted by molar-refractivity contribution is 7.92. The summed E-state index contributed by atoms with van der Waals surface area (Å²) in [6.45, 7) is 7.15. The van der Waals surface area contributed by atoms with Crippen molar-refractivity contribution >= 4 is 27.5 Å². The summed E-state index contributed by atoms with van der Waals surface area (Å²) in [4.78, 5) is 27.9. The molecule has 0 fully saturated rings. The van der Waals surface area contributed by atoms with Gasteiger partial charge in [0.25, 0.3) is 0 Å². The molecule has 8 nitrogen and oxygen atoms in total. The highest BCUT2D eigenvalue weighted by Gasteiger charge is 2.31. The van der Waals surface area contributed by atoms with Crippen molar-refractivity contribution in [2.75, 3.05) is 24.2 Å². The van der Waals surface area contributed by atoms with Gasteiger partial charge in [-0.2, -0.15) is 0 Å². The molecule has 0 heterocycles. The SMILES string of the molecule is CCC(C)NC(=O)C(C)N(Cc1cccc(C)c1)C(=O)CN(c1ccccc1OC)S(C)(=O)=O. The number of amides is 2. The number of hydrogen-bond acceptors (Lipinski definition) is 5. The Labute approximate surface area is 202 Å². The quantitative estimate of drug-likeness (QED) is 0.523. The highest BCUT2D eigenvalue weighted by atomic mass is 32.2. The first kappa shape index (κ1) is 27.2. The van der Waals surface area contributed by atoms with Crippen molar-refractivity contribution in [1.29, 1.82) is 0 Å². The number of benzene rings is 2. The smallest absolute Gasteiger partial charge is 0.244 e. The van der Waals surface area contributed by atoms with Gasteiger partial charge in [0.15, 0.2) is 0 Å². The number of hydrogen-bond donors (Lipinski definition) is 1. The van der Waals surface area contributed by atoms with Crippen molar-refractivity contribution in [3.8, 4) is 5.75 Å². The van der Waals surface area contributed by atoms with E-state index < -0.39 is 28.5 Å². The van der Waals surface area contributed by atoms with E-state index >= 15 is 0 Å². The number of nitrogens with zero attached hydrogens (tertiary/aromatic N) is 2. The van der Waals surface area contributed by atoms with Gasteiger partial charge in [-0.15, -0.1) is 0 Å². The Hall–Kier alpha value is -3.07. The molecule has 2 amide bonds. The predicted molar refractivity (Wildman–Crippen MR) is 134 cm³/mol. The minimum Gasteiger partial charge on any atom is -0.495 e. The van der Waals surface area contributed by atoms with Crippen LogP contribution in [-0.4, -0.2) is 57.1 Å². The van der Waals surface area contributed by atoms with E-state index in [2.05, 4.69) is 5.32 Å². The molecule has 2 atom stereocenters. The van der Waals surface area contributed by atoms with Gasteiger partial charge >= 0.3 is 0 Å². The van der Waals surface area contributed by atoms with Crippen molar-refractivity contribution in [2.45, 2.75) is 52.7 Å². The van der Waals surface area contributed by atoms with Crippen molar-refractivity contribution in [3.05, 3.63) is 59.7 Å². The summed E-state index contributed by atoms with van der Waals surface area (Å²) in [5, 5.41) is 2.91. The number of sulfonamides is 1. The summed E-state index contributed by atoms with van der Waals surface area (Å²) in [7, 11) is -2.39. The summed E-state index contributed by atoms with van der Waals surface area (Å²) in [6, 6.07) is 13.4. The molecule has 2 aromatic carbocycles. The second-order valence-electron chi connectivity index (χ2n) is 8.45. The fourth-order valence-corrected chi connectivity index (χ4v) is 4.34. The highest BCUT2D eigenvalue weighted by Crippen LogP contribution is 2.29. The largest absolute Gasteiger partial charge is 0.495 e. The van der Waals surface area contributed by atoms with Gasteiger partial charge in [-0.3, -0.25) is 13.9 Å². The van der Waals surface area contributed by atoms with Crippen molar-refractivity contribution in [2.24, 2.45) is 0 Å². The molecule has 186 valence electrons. The number of methoxy groups -OCH3 is 1. The molecule has 0 aliphatic carbocycles. The molecule has 1 N–H and O–H groups in total. The zero-order valence-corrected chi connectivity index (χ0v) is 21.6. The lowest BCUT2D eigenvalue weighted by atomic mass is 10.1. The molecule has 34 heavy (non-hydrogen) atoms. The van der Waals surface area contributed by atoms with E-state index in [0.717, 1.165) is 28.1 Å². The summed E-state index contributed by atoms with van der Waals surface area (Å²) in [6.07, 6.45) is 1.79. The van der Waals surface area contributed by atoms with Gasteiger partial charge < -0.3 is 15.0 Å². The van der Waals surface area contributed by atoms with Crippen LogP contribution in [0, 0.1) is 6.92 Å². The zero-order chi connectivity index (χ0) is 25.5. The third-order valence-corrected chi connectivity index (χ3v) is 6.76. The number of carbonyl (C=O) groups excluding carboxylic acids is 2. The monoisotopic (exact) mass is 489 g/mol. The van der Waals surface area contributed by atoms with E-state index in [4.69, 9.17) is 4.74 Å². The van der Waals surface area contributed by atoms with E-state index in [1.807, 2.05) is 45.0 Å². The summed E-state index contributed by atoms with van der Waals surface area (Å²) in [5.74, 6) is -0.461. The van der Waals surface area contributed by atoms with Crippen LogP contribution in [0.25, 0.3) is 0 Å². The maximum Gasteiger partial charge on any atom is 0.244 e. The minimum absolute atomic E-state index is 0.0491. The molecule has 9 heteroatoms. The zero-order valence-electron chi connectivity index (χ0n) is 20.7. The molecule has 2 rings (SSSR count). The molecular formula is C25H35N3O5S. The van der Waals surface area contributed by atoms with Crippen LogP contribution in [0.3, 0.4) is 0 Å². The summed E-state index contributed by atoms with van der Waals surface area (Å²) in [5.41, 5.74) is 2.13. The molecular weight excluding hydrogens is 454 g/mol. The van der Waals surface area contributed by atoms with E-state index in [-0.39, 0.29) is 24.2 Å². The van der Waals surface area contributed by atoms with Gasteiger partial charge in [-0.1, -0.05) is 48.9 Å². The molecule has 0 aliphatic rings. The average molecular weight is 490 g/mol. The van der Waals surface area contributed by atoms with Crippen LogP contribution in [0.15, 0.2) is 48.5 Å². The topological polar surface area (TPSA) is 96.0 Å². The molecule has 0 aromatic heterocycles. The molecule has 2 aromatic rings. The van der Waals surface area contributed by atoms with Gasteiger partial charge in [0.05, 0.1) is 19.1 Å². The Morgan fingerprint density at radius 1 is 1.09 bits per heavy atom. The fraction of sp³-hybridized carbons (Fsp3) is 0.440. The second kappa shape index (κ2) is 11.9. The van der Waals surface area contributed by atoms with Crippen molar-refractivity contribution < 1.29 is 22.7 Å². The van der Waals surface area contributed by atoms with Crippen LogP contribution in [0.1, 0.15) is 38.3 Å². The van der Waals surface area contributed by atoms with Crippen molar-refractivity contribution in [1.82, 2.24) is 10.2 Å². The van der Waals surface area contributed by atoms with Crippen molar-refractivity contribution in [3.63, 3.8) is 0 Å². The van der Waals surface area contributed by atoms with Gasteiger partial charge in [-0.25, -0.2) is 8.42 Å². The van der Waals surface area contributed by atoms with Crippen LogP contribution < -0.4 is 14.4 Å². The molecule has 2 unspecified atom stereocenters. The maximum absolute atomic E-state index is 13.6. The van der Waals surface area contributed by atoms with E-state index in [0.29, 0.717) is 5.75 Å². The Balaban J connectivity index is 2.42. The Kier molecular flexibility index (Phi) is 9.49. The number of nitrogens with one attached hydrogen (secondary N) is 1. The molecule has 0 aliphatic heterocycles. The lowest BCUT2D eigenvalue weighted by Crippen LogP contribution is -2.52. The number of rotatable bonds is 11. The Morgan fingerprint density at radius 3 is 2.35 bits per heavy atom. The number of para-hydroxylation sites is 2. The van der Waals surface area contributed by atoms with E-state index in [1.165, 1.54) is 12.0 Å². The van der Waals surface area contributed by atoms with E-state index in [9.17, 15) is 18.0 Å². The molecule has 0 saturated carbocycles.